The van der Waals surface area contributed by atoms with E-state index < -0.39 is 0 Å². The Labute approximate surface area is 260 Å². The maximum atomic E-state index is 6.60. The van der Waals surface area contributed by atoms with E-state index in [1.807, 2.05) is 0 Å². The molecule has 44 heavy (non-hydrogen) atoms. The second-order valence-electron chi connectivity index (χ2n) is 13.1. The first-order chi connectivity index (χ1) is 21.4. The van der Waals surface area contributed by atoms with Gasteiger partial charge in [0.25, 0.3) is 0 Å². The predicted molar refractivity (Wildman–Crippen MR) is 185 cm³/mol. The Balaban J connectivity index is 1.24. The van der Waals surface area contributed by atoms with Crippen molar-refractivity contribution in [1.29, 1.82) is 0 Å². The van der Waals surface area contributed by atoms with Crippen LogP contribution in [0.4, 0.5) is 17.1 Å². The molecule has 0 amide bonds. The molecule has 2 aliphatic rings. The van der Waals surface area contributed by atoms with Gasteiger partial charge < -0.3 is 9.32 Å². The summed E-state index contributed by atoms with van der Waals surface area (Å²) >= 11 is 0. The average Bonchev–Trinajstić information content (AvgIpc) is 3.54. The summed E-state index contributed by atoms with van der Waals surface area (Å²) in [5, 5.41) is 1.26. The largest absolute Gasteiger partial charge is 0.456 e. The van der Waals surface area contributed by atoms with E-state index in [0.29, 0.717) is 5.92 Å². The summed E-state index contributed by atoms with van der Waals surface area (Å²) in [6, 6.07) is 44.2. The van der Waals surface area contributed by atoms with Crippen molar-refractivity contribution >= 4 is 39.2 Å². The lowest BCUT2D eigenvalue weighted by atomic mass is 9.77. The molecule has 0 atom stereocenters. The van der Waals surface area contributed by atoms with Crippen LogP contribution in [0.3, 0.4) is 0 Å². The molecule has 216 valence electrons. The van der Waals surface area contributed by atoms with Gasteiger partial charge in [-0.15, -0.1) is 0 Å². The summed E-state index contributed by atoms with van der Waals surface area (Å²) in [6.07, 6.45) is 2.06. The molecule has 2 aliphatic carbocycles. The summed E-state index contributed by atoms with van der Waals surface area (Å²) in [6.45, 7) is 9.24. The van der Waals surface area contributed by atoms with E-state index in [0.717, 1.165) is 35.6 Å². The SMILES string of the molecule is CC(C)c1ccc(N(c2ccc(-c3ccccc3)cc2)c2ccc3c(c2)C(C)(C)C2=C3CCc3c2oc2ccccc32)cc1. The maximum Gasteiger partial charge on any atom is 0.135 e. The fraction of sp³-hybridized carbons (Fsp3) is 0.190. The van der Waals surface area contributed by atoms with Gasteiger partial charge in [-0.25, -0.2) is 0 Å². The van der Waals surface area contributed by atoms with Crippen LogP contribution in [0.25, 0.3) is 33.2 Å². The molecular formula is C42H37NO. The molecule has 2 heteroatoms. The molecule has 0 fully saturated rings. The minimum absolute atomic E-state index is 0.173. The Bertz CT molecular complexity index is 2040. The lowest BCUT2D eigenvalue weighted by molar-refractivity contribution is 0.568. The highest BCUT2D eigenvalue weighted by atomic mass is 16.3. The molecule has 0 spiro atoms. The second-order valence-corrected chi connectivity index (χ2v) is 13.1. The zero-order valence-electron chi connectivity index (χ0n) is 25.9. The summed E-state index contributed by atoms with van der Waals surface area (Å²) in [7, 11) is 0. The molecule has 0 unspecified atom stereocenters. The zero-order valence-corrected chi connectivity index (χ0v) is 25.9. The quantitative estimate of drug-likeness (QED) is 0.205. The van der Waals surface area contributed by atoms with Crippen molar-refractivity contribution in [3.05, 3.63) is 149 Å². The molecule has 0 aliphatic heterocycles. The van der Waals surface area contributed by atoms with Crippen molar-refractivity contribution in [2.75, 3.05) is 4.90 Å². The summed E-state index contributed by atoms with van der Waals surface area (Å²) in [5.41, 5.74) is 15.0. The molecule has 1 aromatic heterocycles. The highest BCUT2D eigenvalue weighted by Crippen LogP contribution is 2.57. The number of benzene rings is 5. The van der Waals surface area contributed by atoms with E-state index in [1.165, 1.54) is 55.6 Å². The number of hydrogen-bond donors (Lipinski definition) is 0. The first-order valence-electron chi connectivity index (χ1n) is 15.8. The molecule has 0 bridgehead atoms. The van der Waals surface area contributed by atoms with Crippen LogP contribution in [0.1, 0.15) is 68.0 Å². The van der Waals surface area contributed by atoms with Crippen LogP contribution in [0.2, 0.25) is 0 Å². The fourth-order valence-corrected chi connectivity index (χ4v) is 7.47. The molecule has 2 nitrogen and oxygen atoms in total. The van der Waals surface area contributed by atoms with Gasteiger partial charge in [0.1, 0.15) is 11.3 Å². The van der Waals surface area contributed by atoms with Crippen molar-refractivity contribution in [1.82, 2.24) is 0 Å². The number of allylic oxidation sites excluding steroid dienone is 2. The van der Waals surface area contributed by atoms with Crippen molar-refractivity contribution in [3.8, 4) is 11.1 Å². The lowest BCUT2D eigenvalue weighted by Crippen LogP contribution is -2.19. The topological polar surface area (TPSA) is 16.4 Å². The van der Waals surface area contributed by atoms with Crippen LogP contribution < -0.4 is 4.90 Å². The smallest absolute Gasteiger partial charge is 0.135 e. The summed E-state index contributed by atoms with van der Waals surface area (Å²) < 4.78 is 6.60. The first-order valence-corrected chi connectivity index (χ1v) is 15.8. The van der Waals surface area contributed by atoms with Crippen molar-refractivity contribution < 1.29 is 4.42 Å². The van der Waals surface area contributed by atoms with E-state index in [4.69, 9.17) is 4.42 Å². The highest BCUT2D eigenvalue weighted by molar-refractivity contribution is 6.05. The van der Waals surface area contributed by atoms with Crippen LogP contribution in [0, 0.1) is 0 Å². The Morgan fingerprint density at radius 1 is 0.659 bits per heavy atom. The Morgan fingerprint density at radius 2 is 1.30 bits per heavy atom. The Hall–Kier alpha value is -4.82. The molecular weight excluding hydrogens is 534 g/mol. The third-order valence-corrected chi connectivity index (χ3v) is 9.79. The average molecular weight is 572 g/mol. The first kappa shape index (κ1) is 26.8. The standard InChI is InChI=1S/C42H37NO/c1-27(2)28-14-18-31(19-15-28)43(32-20-16-30(17-21-32)29-10-6-5-7-11-29)33-22-23-34-36-24-25-37-35-12-8-9-13-39(35)44-41(37)40(36)42(3,4)38(34)26-33/h5-23,26-27H,24-25H2,1-4H3. The molecule has 0 radical (unpaired) electrons. The van der Waals surface area contributed by atoms with E-state index >= 15 is 0 Å². The third kappa shape index (κ3) is 4.16. The zero-order chi connectivity index (χ0) is 30.0. The summed E-state index contributed by atoms with van der Waals surface area (Å²) in [4.78, 5) is 2.40. The molecule has 0 N–H and O–H groups in total. The number of hydrogen-bond acceptors (Lipinski definition) is 2. The summed E-state index contributed by atoms with van der Waals surface area (Å²) in [5.74, 6) is 1.58. The molecule has 6 aromatic rings. The number of anilines is 3. The van der Waals surface area contributed by atoms with Crippen LogP contribution in [-0.4, -0.2) is 0 Å². The van der Waals surface area contributed by atoms with Crippen molar-refractivity contribution in [2.45, 2.75) is 51.9 Å². The monoisotopic (exact) mass is 571 g/mol. The van der Waals surface area contributed by atoms with E-state index in [-0.39, 0.29) is 5.41 Å². The molecule has 0 saturated heterocycles. The fourth-order valence-electron chi connectivity index (χ4n) is 7.47. The van der Waals surface area contributed by atoms with Crippen LogP contribution in [0.15, 0.2) is 126 Å². The maximum absolute atomic E-state index is 6.60. The normalized spacial score (nSPS) is 14.9. The van der Waals surface area contributed by atoms with Gasteiger partial charge in [-0.05, 0) is 94.6 Å². The van der Waals surface area contributed by atoms with Crippen LogP contribution in [0.5, 0.6) is 0 Å². The minimum atomic E-state index is -0.173. The van der Waals surface area contributed by atoms with E-state index in [9.17, 15) is 0 Å². The number of aryl methyl sites for hydroxylation is 1. The van der Waals surface area contributed by atoms with Gasteiger partial charge in [0, 0.05) is 39.0 Å². The van der Waals surface area contributed by atoms with E-state index in [1.54, 1.807) is 0 Å². The van der Waals surface area contributed by atoms with E-state index in [2.05, 4.69) is 154 Å². The van der Waals surface area contributed by atoms with Gasteiger partial charge in [-0.2, -0.15) is 0 Å². The van der Waals surface area contributed by atoms with Gasteiger partial charge in [0.2, 0.25) is 0 Å². The van der Waals surface area contributed by atoms with Crippen LogP contribution >= 0.6 is 0 Å². The second kappa shape index (κ2) is 10.1. The van der Waals surface area contributed by atoms with Gasteiger partial charge >= 0.3 is 0 Å². The molecule has 8 rings (SSSR count). The van der Waals surface area contributed by atoms with Crippen molar-refractivity contribution in [3.63, 3.8) is 0 Å². The molecule has 1 heterocycles. The predicted octanol–water partition coefficient (Wildman–Crippen LogP) is 11.8. The Morgan fingerprint density at radius 3 is 2.02 bits per heavy atom. The number of rotatable bonds is 5. The number of furan rings is 1. The third-order valence-electron chi connectivity index (χ3n) is 9.79. The number of fused-ring (bicyclic) bond motifs is 6. The van der Waals surface area contributed by atoms with Gasteiger partial charge in [-0.1, -0.05) is 107 Å². The van der Waals surface area contributed by atoms with Crippen molar-refractivity contribution in [2.24, 2.45) is 0 Å². The minimum Gasteiger partial charge on any atom is -0.456 e. The lowest BCUT2D eigenvalue weighted by Gasteiger charge is -2.29. The molecule has 5 aromatic carbocycles. The molecule has 0 saturated carbocycles. The van der Waals surface area contributed by atoms with Crippen LogP contribution in [-0.2, 0) is 11.8 Å². The van der Waals surface area contributed by atoms with Gasteiger partial charge in [-0.3, -0.25) is 0 Å². The highest BCUT2D eigenvalue weighted by Gasteiger charge is 2.43. The number of nitrogens with zero attached hydrogens (tertiary/aromatic N) is 1. The number of para-hydroxylation sites is 1. The Kier molecular flexibility index (Phi) is 6.17. The van der Waals surface area contributed by atoms with Gasteiger partial charge in [0.15, 0.2) is 0 Å². The van der Waals surface area contributed by atoms with Gasteiger partial charge in [0.05, 0.1) is 0 Å².